The Balaban J connectivity index is 2.97. The first-order chi connectivity index (χ1) is 6.27. The first kappa shape index (κ1) is 10.2. The van der Waals surface area contributed by atoms with Crippen LogP contribution in [0.15, 0.2) is 22.7 Å². The van der Waals surface area contributed by atoms with Crippen LogP contribution in [0.25, 0.3) is 0 Å². The standard InChI is InChI=1S/C10H10BrNO/c1-13-7-9-2-3-10(11)6-8(9)4-5-12/h2-3,6H,4,7H2,1H3. The van der Waals surface area contributed by atoms with Gasteiger partial charge in [0, 0.05) is 11.6 Å². The summed E-state index contributed by atoms with van der Waals surface area (Å²) in [6.07, 6.45) is 0.429. The third-order valence-corrected chi connectivity index (χ3v) is 2.23. The second-order valence-corrected chi connectivity index (χ2v) is 3.60. The normalized spacial score (nSPS) is 9.62. The van der Waals surface area contributed by atoms with E-state index in [0.29, 0.717) is 13.0 Å². The van der Waals surface area contributed by atoms with Gasteiger partial charge in [0.15, 0.2) is 0 Å². The van der Waals surface area contributed by atoms with Crippen molar-refractivity contribution in [3.63, 3.8) is 0 Å². The number of hydrogen-bond donors (Lipinski definition) is 0. The first-order valence-corrected chi connectivity index (χ1v) is 4.70. The highest BCUT2D eigenvalue weighted by Crippen LogP contribution is 2.17. The van der Waals surface area contributed by atoms with Gasteiger partial charge in [-0.1, -0.05) is 22.0 Å². The van der Waals surface area contributed by atoms with E-state index in [9.17, 15) is 0 Å². The van der Waals surface area contributed by atoms with Gasteiger partial charge in [0.1, 0.15) is 0 Å². The van der Waals surface area contributed by atoms with Crippen LogP contribution in [0.3, 0.4) is 0 Å². The third kappa shape index (κ3) is 2.83. The molecule has 0 amide bonds. The molecule has 0 spiro atoms. The number of rotatable bonds is 3. The van der Waals surface area contributed by atoms with E-state index in [2.05, 4.69) is 22.0 Å². The fourth-order valence-electron chi connectivity index (χ4n) is 1.14. The molecule has 1 aromatic rings. The molecule has 2 nitrogen and oxygen atoms in total. The van der Waals surface area contributed by atoms with Crippen molar-refractivity contribution in [2.45, 2.75) is 13.0 Å². The van der Waals surface area contributed by atoms with Crippen LogP contribution >= 0.6 is 15.9 Å². The highest BCUT2D eigenvalue weighted by atomic mass is 79.9. The van der Waals surface area contributed by atoms with Crippen molar-refractivity contribution in [1.82, 2.24) is 0 Å². The zero-order chi connectivity index (χ0) is 9.68. The van der Waals surface area contributed by atoms with Gasteiger partial charge in [-0.25, -0.2) is 0 Å². The van der Waals surface area contributed by atoms with Crippen LogP contribution in [0.2, 0.25) is 0 Å². The van der Waals surface area contributed by atoms with Crippen LogP contribution in [0.1, 0.15) is 11.1 Å². The van der Waals surface area contributed by atoms with Crippen molar-refractivity contribution in [2.75, 3.05) is 7.11 Å². The lowest BCUT2D eigenvalue weighted by molar-refractivity contribution is 0.184. The Morgan fingerprint density at radius 1 is 1.46 bits per heavy atom. The summed E-state index contributed by atoms with van der Waals surface area (Å²) in [5, 5.41) is 8.60. The number of ether oxygens (including phenoxy) is 1. The van der Waals surface area contributed by atoms with Gasteiger partial charge in [0.25, 0.3) is 0 Å². The van der Waals surface area contributed by atoms with Crippen molar-refractivity contribution in [3.8, 4) is 6.07 Å². The summed E-state index contributed by atoms with van der Waals surface area (Å²) < 4.78 is 6.03. The fraction of sp³-hybridized carbons (Fsp3) is 0.300. The van der Waals surface area contributed by atoms with E-state index in [1.165, 1.54) is 0 Å². The zero-order valence-electron chi connectivity index (χ0n) is 7.38. The molecule has 1 aromatic carbocycles. The summed E-state index contributed by atoms with van der Waals surface area (Å²) >= 11 is 3.37. The summed E-state index contributed by atoms with van der Waals surface area (Å²) in [7, 11) is 1.65. The lowest BCUT2D eigenvalue weighted by atomic mass is 10.1. The molecule has 0 N–H and O–H groups in total. The van der Waals surface area contributed by atoms with Gasteiger partial charge < -0.3 is 4.74 Å². The first-order valence-electron chi connectivity index (χ1n) is 3.91. The zero-order valence-corrected chi connectivity index (χ0v) is 8.97. The summed E-state index contributed by atoms with van der Waals surface area (Å²) in [4.78, 5) is 0. The molecular formula is C10H10BrNO. The molecule has 0 unspecified atom stereocenters. The van der Waals surface area contributed by atoms with Gasteiger partial charge in [0.2, 0.25) is 0 Å². The van der Waals surface area contributed by atoms with Gasteiger partial charge >= 0.3 is 0 Å². The fourth-order valence-corrected chi connectivity index (χ4v) is 1.55. The molecule has 0 atom stereocenters. The second kappa shape index (κ2) is 5.00. The van der Waals surface area contributed by atoms with Crippen molar-refractivity contribution in [2.24, 2.45) is 0 Å². The Kier molecular flexibility index (Phi) is 3.94. The van der Waals surface area contributed by atoms with E-state index in [0.717, 1.165) is 15.6 Å². The average Bonchev–Trinajstić information content (AvgIpc) is 2.10. The molecule has 0 saturated carbocycles. The Bertz CT molecular complexity index is 330. The van der Waals surface area contributed by atoms with E-state index in [1.54, 1.807) is 7.11 Å². The minimum Gasteiger partial charge on any atom is -0.380 e. The van der Waals surface area contributed by atoms with E-state index < -0.39 is 0 Å². The average molecular weight is 240 g/mol. The predicted molar refractivity (Wildman–Crippen MR) is 54.2 cm³/mol. The number of benzene rings is 1. The Morgan fingerprint density at radius 2 is 2.23 bits per heavy atom. The van der Waals surface area contributed by atoms with Crippen LogP contribution in [0.5, 0.6) is 0 Å². The molecule has 13 heavy (non-hydrogen) atoms. The molecule has 0 bridgehead atoms. The number of methoxy groups -OCH3 is 1. The van der Waals surface area contributed by atoms with E-state index in [4.69, 9.17) is 10.00 Å². The number of hydrogen-bond acceptors (Lipinski definition) is 2. The Labute approximate surface area is 86.3 Å². The Hall–Kier alpha value is -0.850. The quantitative estimate of drug-likeness (QED) is 0.813. The summed E-state index contributed by atoms with van der Waals surface area (Å²) in [6.45, 7) is 0.560. The number of nitrogens with zero attached hydrogens (tertiary/aromatic N) is 1. The predicted octanol–water partition coefficient (Wildman–Crippen LogP) is 2.66. The molecule has 0 aliphatic heterocycles. The lowest BCUT2D eigenvalue weighted by Crippen LogP contribution is -1.94. The van der Waals surface area contributed by atoms with E-state index >= 15 is 0 Å². The SMILES string of the molecule is COCc1ccc(Br)cc1CC#N. The molecule has 0 aromatic heterocycles. The highest BCUT2D eigenvalue weighted by molar-refractivity contribution is 9.10. The summed E-state index contributed by atoms with van der Waals surface area (Å²) in [5.74, 6) is 0. The molecule has 0 fully saturated rings. The highest BCUT2D eigenvalue weighted by Gasteiger charge is 2.02. The van der Waals surface area contributed by atoms with Crippen molar-refractivity contribution in [1.29, 1.82) is 5.26 Å². The maximum Gasteiger partial charge on any atom is 0.0716 e. The second-order valence-electron chi connectivity index (χ2n) is 2.68. The Morgan fingerprint density at radius 3 is 2.85 bits per heavy atom. The molecule has 3 heteroatoms. The van der Waals surface area contributed by atoms with Gasteiger partial charge in [0.05, 0.1) is 19.1 Å². The lowest BCUT2D eigenvalue weighted by Gasteiger charge is -2.05. The van der Waals surface area contributed by atoms with Crippen molar-refractivity contribution < 1.29 is 4.74 Å². The van der Waals surface area contributed by atoms with Gasteiger partial charge in [-0.05, 0) is 23.3 Å². The van der Waals surface area contributed by atoms with Gasteiger partial charge in [-0.3, -0.25) is 0 Å². The third-order valence-electron chi connectivity index (χ3n) is 1.74. The van der Waals surface area contributed by atoms with Crippen LogP contribution in [-0.4, -0.2) is 7.11 Å². The van der Waals surface area contributed by atoms with Crippen molar-refractivity contribution >= 4 is 15.9 Å². The molecule has 0 radical (unpaired) electrons. The molecule has 0 aliphatic rings. The minimum atomic E-state index is 0.429. The van der Waals surface area contributed by atoms with Crippen LogP contribution in [0, 0.1) is 11.3 Å². The molecule has 0 aliphatic carbocycles. The van der Waals surface area contributed by atoms with Crippen LogP contribution in [-0.2, 0) is 17.8 Å². The largest absolute Gasteiger partial charge is 0.380 e. The maximum absolute atomic E-state index is 8.60. The number of halogens is 1. The van der Waals surface area contributed by atoms with Gasteiger partial charge in [-0.2, -0.15) is 5.26 Å². The summed E-state index contributed by atoms with van der Waals surface area (Å²) in [5.41, 5.74) is 2.10. The summed E-state index contributed by atoms with van der Waals surface area (Å²) in [6, 6.07) is 8.02. The van der Waals surface area contributed by atoms with E-state index in [1.807, 2.05) is 18.2 Å². The number of nitriles is 1. The minimum absolute atomic E-state index is 0.429. The molecule has 0 saturated heterocycles. The smallest absolute Gasteiger partial charge is 0.0716 e. The van der Waals surface area contributed by atoms with E-state index in [-0.39, 0.29) is 0 Å². The van der Waals surface area contributed by atoms with Crippen molar-refractivity contribution in [3.05, 3.63) is 33.8 Å². The van der Waals surface area contributed by atoms with Gasteiger partial charge in [-0.15, -0.1) is 0 Å². The molecule has 1 rings (SSSR count). The van der Waals surface area contributed by atoms with Crippen LogP contribution in [0.4, 0.5) is 0 Å². The maximum atomic E-state index is 8.60. The molecular weight excluding hydrogens is 230 g/mol. The molecule has 0 heterocycles. The molecule has 68 valence electrons. The van der Waals surface area contributed by atoms with Crippen LogP contribution < -0.4 is 0 Å². The topological polar surface area (TPSA) is 33.0 Å². The monoisotopic (exact) mass is 239 g/mol.